The van der Waals surface area contributed by atoms with Crippen LogP contribution >= 0.6 is 0 Å². The fourth-order valence-electron chi connectivity index (χ4n) is 9.86. The number of nitrogens with two attached hydrogens (primary N) is 1. The third-order valence-electron chi connectivity index (χ3n) is 14.5. The van der Waals surface area contributed by atoms with E-state index in [2.05, 4.69) is 69.4 Å². The number of ether oxygens (including phenoxy) is 1. The number of aromatic nitrogens is 14. The Kier molecular flexibility index (Phi) is 13.9. The monoisotopic (exact) mass is 1060 g/mol. The Balaban J connectivity index is 0.000000145. The van der Waals surface area contributed by atoms with E-state index in [-0.39, 0.29) is 34.8 Å². The Morgan fingerprint density at radius 1 is 0.667 bits per heavy atom. The SMILES string of the molecule is Nc1ccnc(-c2ccc(N3CC4CC4C3)nc2)n1.[C-]#[N+]Cn1c(=O)c2c(ncn2[C@@H](C)C(=O)Nc2ccnc(-c3ccc(N4CC5CC5C4)nc3)n2)n(C)c1=O.[C-]#[N+]Cn1c(=O)c2c(ncn2[C@@H](C)C(=O)OC)n(C)c1=O. The molecule has 12 rings (SSSR count). The molecule has 398 valence electrons. The Morgan fingerprint density at radius 2 is 1.13 bits per heavy atom. The number of anilines is 4. The molecule has 4 aliphatic rings. The minimum absolute atomic E-state index is 0.0586. The summed E-state index contributed by atoms with van der Waals surface area (Å²) in [7, 11) is 4.15. The van der Waals surface area contributed by atoms with Gasteiger partial charge in [0, 0.05) is 76.2 Å². The first-order valence-corrected chi connectivity index (χ1v) is 24.8. The van der Waals surface area contributed by atoms with E-state index in [0.29, 0.717) is 17.5 Å². The number of rotatable bonds is 11. The second-order valence-corrected chi connectivity index (χ2v) is 19.5. The molecule has 27 heteroatoms. The summed E-state index contributed by atoms with van der Waals surface area (Å²) in [6, 6.07) is 9.57. The maximum atomic E-state index is 13.1. The third kappa shape index (κ3) is 9.91. The second-order valence-electron chi connectivity index (χ2n) is 19.5. The van der Waals surface area contributed by atoms with Gasteiger partial charge in [-0.1, -0.05) is 0 Å². The molecule has 27 nitrogen and oxygen atoms in total. The number of hydrogen-bond acceptors (Lipinski definition) is 18. The minimum Gasteiger partial charge on any atom is -0.467 e. The number of carbonyl (C=O) groups excluding carboxylic acids is 2. The van der Waals surface area contributed by atoms with Gasteiger partial charge in [0.1, 0.15) is 35.4 Å². The molecule has 0 spiro atoms. The molecule has 0 aromatic carbocycles. The van der Waals surface area contributed by atoms with Crippen molar-refractivity contribution in [1.29, 1.82) is 0 Å². The summed E-state index contributed by atoms with van der Waals surface area (Å²) in [6.45, 7) is 20.7. The predicted octanol–water partition coefficient (Wildman–Crippen LogP) is 2.37. The minimum atomic E-state index is -0.863. The first-order chi connectivity index (χ1) is 37.6. The Labute approximate surface area is 442 Å². The van der Waals surface area contributed by atoms with Crippen LogP contribution in [0.5, 0.6) is 0 Å². The number of amides is 1. The highest BCUT2D eigenvalue weighted by molar-refractivity contribution is 5.93. The molecule has 10 heterocycles. The number of carbonyl (C=O) groups is 2. The number of hydrogen-bond donors (Lipinski definition) is 2. The van der Waals surface area contributed by atoms with Gasteiger partial charge >= 0.3 is 17.3 Å². The van der Waals surface area contributed by atoms with Gasteiger partial charge in [-0.15, -0.1) is 0 Å². The highest BCUT2D eigenvalue weighted by atomic mass is 16.5. The number of imidazole rings is 2. The molecule has 0 radical (unpaired) electrons. The summed E-state index contributed by atoms with van der Waals surface area (Å²) in [4.78, 5) is 120. The van der Waals surface area contributed by atoms with Crippen LogP contribution in [-0.4, -0.2) is 112 Å². The van der Waals surface area contributed by atoms with Crippen LogP contribution < -0.4 is 43.3 Å². The predicted molar refractivity (Wildman–Crippen MR) is 284 cm³/mol. The lowest BCUT2D eigenvalue weighted by Crippen LogP contribution is -2.39. The van der Waals surface area contributed by atoms with Gasteiger partial charge in [-0.2, -0.15) is 9.13 Å². The van der Waals surface area contributed by atoms with Crippen molar-refractivity contribution >= 4 is 57.5 Å². The van der Waals surface area contributed by atoms with Crippen molar-refractivity contribution in [3.8, 4) is 22.8 Å². The van der Waals surface area contributed by atoms with Crippen molar-refractivity contribution < 1.29 is 14.3 Å². The van der Waals surface area contributed by atoms with Crippen molar-refractivity contribution in [2.75, 3.05) is 54.1 Å². The molecule has 4 unspecified atom stereocenters. The standard InChI is InChI=1S/C25H24N10O3.C14H15N5.C12H13N5O4/c1-14(34-13-29-22-20(34)24(37)35(12-26-2)25(38)32(22)3)23(36)31-18-6-7-27-21(30-18)15-4-5-19(28-9-15)33-10-16-8-17(16)11-33;15-12-3-4-16-14(18-12)9-1-2-13(17-6-9)19-7-10-5-11(10)8-19;1-7(11(19)21-4)16-6-14-9-8(16)10(18)17(5-13-2)12(20)15(9)3/h4-7,9,13-14,16-17H,8,10-12H2,1,3H3,(H,27,30,31,36);1-4,6,10-11H,5,7-8H2,(H2,15,16,18);6-7H,5H2,1,3-4H3/t14-,16?,17?;;7-/m0.0/s1. The number of methoxy groups -OCH3 is 1. The number of nitrogen functional groups attached to an aromatic ring is 1. The second kappa shape index (κ2) is 21.0. The molecular formula is C51H52N20O7. The van der Waals surface area contributed by atoms with Gasteiger partial charge in [0.15, 0.2) is 34.0 Å². The Bertz CT molecular complexity index is 3960. The van der Waals surface area contributed by atoms with Crippen LogP contribution in [0.15, 0.2) is 93.0 Å². The quantitative estimate of drug-likeness (QED) is 0.139. The first-order valence-electron chi connectivity index (χ1n) is 24.8. The smallest absolute Gasteiger partial charge is 0.338 e. The van der Waals surface area contributed by atoms with E-state index in [1.807, 2.05) is 30.5 Å². The summed E-state index contributed by atoms with van der Waals surface area (Å²) in [5.74, 6) is 6.29. The number of fused-ring (bicyclic) bond motifs is 4. The highest BCUT2D eigenvalue weighted by Crippen LogP contribution is 2.47. The lowest BCUT2D eigenvalue weighted by atomic mass is 10.2. The van der Waals surface area contributed by atoms with Crippen molar-refractivity contribution in [2.45, 2.75) is 52.1 Å². The maximum Gasteiger partial charge on any atom is 0.338 e. The Morgan fingerprint density at radius 3 is 1.56 bits per heavy atom. The first kappa shape index (κ1) is 51.6. The zero-order valence-electron chi connectivity index (χ0n) is 43.0. The Hall–Kier alpha value is -9.92. The van der Waals surface area contributed by atoms with Crippen molar-refractivity contribution in [1.82, 2.24) is 67.3 Å². The number of aryl methyl sites for hydroxylation is 2. The van der Waals surface area contributed by atoms with Crippen LogP contribution in [0.1, 0.15) is 38.8 Å². The van der Waals surface area contributed by atoms with Crippen LogP contribution in [0.3, 0.4) is 0 Å². The third-order valence-corrected chi connectivity index (χ3v) is 14.5. The number of esters is 1. The number of nitrogens with zero attached hydrogens (tertiary/aromatic N) is 18. The molecule has 78 heavy (non-hydrogen) atoms. The highest BCUT2D eigenvalue weighted by Gasteiger charge is 2.46. The summed E-state index contributed by atoms with van der Waals surface area (Å²) < 4.78 is 11.3. The number of nitrogens with one attached hydrogen (secondary N) is 1. The van der Waals surface area contributed by atoms with Gasteiger partial charge in [0.25, 0.3) is 24.5 Å². The normalized spacial score (nSPS) is 18.3. The van der Waals surface area contributed by atoms with Gasteiger partial charge < -0.3 is 34.7 Å². The zero-order valence-corrected chi connectivity index (χ0v) is 43.0. The van der Waals surface area contributed by atoms with E-state index in [9.17, 15) is 28.8 Å². The van der Waals surface area contributed by atoms with Crippen molar-refractivity contribution in [3.05, 3.63) is 138 Å². The molecule has 3 N–H and O–H groups in total. The van der Waals surface area contributed by atoms with Crippen LogP contribution in [0.2, 0.25) is 0 Å². The van der Waals surface area contributed by atoms with E-state index in [1.165, 1.54) is 65.0 Å². The fraction of sp³-hybridized carbons (Fsp3) is 0.373. The topological polar surface area (TPSA) is 298 Å². The number of pyridine rings is 2. The average Bonchev–Trinajstić information content (AvgIpc) is 4.16. The lowest BCUT2D eigenvalue weighted by molar-refractivity contribution is -0.143. The van der Waals surface area contributed by atoms with Crippen LogP contribution in [0.4, 0.5) is 23.3 Å². The summed E-state index contributed by atoms with van der Waals surface area (Å²) >= 11 is 0. The molecule has 8 aromatic heterocycles. The van der Waals surface area contributed by atoms with E-state index < -0.39 is 53.1 Å². The van der Waals surface area contributed by atoms with Crippen molar-refractivity contribution in [2.24, 2.45) is 37.8 Å². The maximum absolute atomic E-state index is 13.1. The zero-order chi connectivity index (χ0) is 55.1. The molecule has 0 bridgehead atoms. The molecule has 2 saturated carbocycles. The molecule has 6 atom stereocenters. The fourth-order valence-corrected chi connectivity index (χ4v) is 9.86. The average molecular weight is 1060 g/mol. The molecule has 1 amide bonds. The lowest BCUT2D eigenvalue weighted by Gasteiger charge is -2.18. The summed E-state index contributed by atoms with van der Waals surface area (Å²) in [6.07, 6.45) is 12.2. The summed E-state index contributed by atoms with van der Waals surface area (Å²) in [5, 5.41) is 2.76. The van der Waals surface area contributed by atoms with Gasteiger partial charge in [-0.3, -0.25) is 33.2 Å². The summed E-state index contributed by atoms with van der Waals surface area (Å²) in [5.41, 5.74) is 5.12. The molecule has 2 saturated heterocycles. The number of piperidine rings is 2. The van der Waals surface area contributed by atoms with Gasteiger partial charge in [0.05, 0.1) is 19.8 Å². The molecule has 2 aliphatic carbocycles. The van der Waals surface area contributed by atoms with E-state index in [0.717, 1.165) is 81.7 Å². The molecular weight excluding hydrogens is 1000 g/mol. The van der Waals surface area contributed by atoms with Gasteiger partial charge in [-0.25, -0.2) is 67.4 Å². The molecule has 2 aliphatic heterocycles. The van der Waals surface area contributed by atoms with Crippen LogP contribution in [0.25, 0.3) is 54.8 Å². The largest absolute Gasteiger partial charge is 0.467 e. The van der Waals surface area contributed by atoms with Crippen molar-refractivity contribution in [3.63, 3.8) is 0 Å². The van der Waals surface area contributed by atoms with E-state index in [4.69, 9.17) is 18.9 Å². The van der Waals surface area contributed by atoms with Crippen LogP contribution in [-0.2, 0) is 41.8 Å². The van der Waals surface area contributed by atoms with Crippen LogP contribution in [0, 0.1) is 36.8 Å². The van der Waals surface area contributed by atoms with E-state index >= 15 is 0 Å². The van der Waals surface area contributed by atoms with Gasteiger partial charge in [-0.05, 0) is 86.8 Å². The molecule has 4 fully saturated rings. The van der Waals surface area contributed by atoms with Gasteiger partial charge in [0.2, 0.25) is 5.91 Å². The molecule has 8 aromatic rings. The van der Waals surface area contributed by atoms with E-state index in [1.54, 1.807) is 44.6 Å².